The van der Waals surface area contributed by atoms with Gasteiger partial charge in [0.1, 0.15) is 5.01 Å². The number of para-hydroxylation sites is 1. The first kappa shape index (κ1) is 18.9. The fourth-order valence-corrected chi connectivity index (χ4v) is 3.16. The summed E-state index contributed by atoms with van der Waals surface area (Å²) < 4.78 is 5.48. The normalized spacial score (nSPS) is 16.0. The molecule has 1 aliphatic rings. The Morgan fingerprint density at radius 1 is 1.19 bits per heavy atom. The van der Waals surface area contributed by atoms with Gasteiger partial charge in [0.25, 0.3) is 5.91 Å². The molecule has 1 atom stereocenters. The Labute approximate surface area is 159 Å². The Kier molecular flexibility index (Phi) is 6.09. The van der Waals surface area contributed by atoms with Crippen LogP contribution >= 0.6 is 11.3 Å². The van der Waals surface area contributed by atoms with Gasteiger partial charge in [-0.2, -0.15) is 0 Å². The van der Waals surface area contributed by atoms with E-state index >= 15 is 0 Å². The lowest BCUT2D eigenvalue weighted by Gasteiger charge is -2.13. The summed E-state index contributed by atoms with van der Waals surface area (Å²) in [4.78, 5) is 36.6. The van der Waals surface area contributed by atoms with Crippen LogP contribution in [0, 0.1) is 6.92 Å². The molecule has 27 heavy (non-hydrogen) atoms. The third kappa shape index (κ3) is 5.08. The Morgan fingerprint density at radius 2 is 1.96 bits per heavy atom. The van der Waals surface area contributed by atoms with E-state index in [2.05, 4.69) is 26.1 Å². The summed E-state index contributed by atoms with van der Waals surface area (Å²) in [7, 11) is 0. The summed E-state index contributed by atoms with van der Waals surface area (Å²) in [5.74, 6) is -2.13. The number of nitrogens with one attached hydrogen (secondary N) is 3. The SMILES string of the molecule is Cc1nnc(NC(=O)C(=O)Nc2ccccc2C(=O)NC[C@H]2CCCO2)s1. The summed E-state index contributed by atoms with van der Waals surface area (Å²) in [6.07, 6.45) is 1.90. The number of benzene rings is 1. The summed E-state index contributed by atoms with van der Waals surface area (Å²) >= 11 is 1.16. The van der Waals surface area contributed by atoms with Crippen molar-refractivity contribution in [1.29, 1.82) is 0 Å². The van der Waals surface area contributed by atoms with E-state index < -0.39 is 11.8 Å². The molecular weight excluding hydrogens is 370 g/mol. The summed E-state index contributed by atoms with van der Waals surface area (Å²) in [6.45, 7) is 2.84. The number of ether oxygens (including phenoxy) is 1. The number of nitrogens with zero attached hydrogens (tertiary/aromatic N) is 2. The highest BCUT2D eigenvalue weighted by Gasteiger charge is 2.21. The maximum Gasteiger partial charge on any atom is 0.315 e. The summed E-state index contributed by atoms with van der Waals surface area (Å²) in [5, 5.41) is 16.0. The van der Waals surface area contributed by atoms with Crippen molar-refractivity contribution < 1.29 is 19.1 Å². The van der Waals surface area contributed by atoms with Gasteiger partial charge in [0.05, 0.1) is 17.4 Å². The van der Waals surface area contributed by atoms with E-state index in [0.29, 0.717) is 18.2 Å². The third-order valence-electron chi connectivity index (χ3n) is 3.89. The van der Waals surface area contributed by atoms with Crippen molar-refractivity contribution in [3.05, 3.63) is 34.8 Å². The van der Waals surface area contributed by atoms with Crippen molar-refractivity contribution >= 4 is 39.9 Å². The average molecular weight is 389 g/mol. The van der Waals surface area contributed by atoms with Gasteiger partial charge in [-0.3, -0.25) is 19.7 Å². The van der Waals surface area contributed by atoms with Gasteiger partial charge in [-0.1, -0.05) is 23.5 Å². The smallest absolute Gasteiger partial charge is 0.315 e. The lowest BCUT2D eigenvalue weighted by atomic mass is 10.1. The van der Waals surface area contributed by atoms with Crippen LogP contribution < -0.4 is 16.0 Å². The summed E-state index contributed by atoms with van der Waals surface area (Å²) in [6, 6.07) is 6.48. The van der Waals surface area contributed by atoms with Crippen LogP contribution in [0.4, 0.5) is 10.8 Å². The van der Waals surface area contributed by atoms with Crippen molar-refractivity contribution in [2.75, 3.05) is 23.8 Å². The van der Waals surface area contributed by atoms with Crippen LogP contribution in [0.15, 0.2) is 24.3 Å². The molecule has 1 saturated heterocycles. The highest BCUT2D eigenvalue weighted by atomic mass is 32.1. The molecular formula is C17H19N5O4S. The minimum absolute atomic E-state index is 0.0110. The molecule has 0 bridgehead atoms. The quantitative estimate of drug-likeness (QED) is 0.663. The van der Waals surface area contributed by atoms with Gasteiger partial charge in [0.2, 0.25) is 5.13 Å². The lowest BCUT2D eigenvalue weighted by molar-refractivity contribution is -0.133. The molecule has 0 spiro atoms. The minimum Gasteiger partial charge on any atom is -0.376 e. The molecule has 3 N–H and O–H groups in total. The molecule has 3 rings (SSSR count). The molecule has 1 fully saturated rings. The molecule has 9 nitrogen and oxygen atoms in total. The standard InChI is InChI=1S/C17H19N5O4S/c1-10-21-22-17(27-10)20-16(25)15(24)19-13-7-3-2-6-12(13)14(23)18-9-11-5-4-8-26-11/h2-3,6-7,11H,4-5,8-9H2,1H3,(H,18,23)(H,19,24)(H,20,22,25)/t11-/m1/s1. The van der Waals surface area contributed by atoms with Crippen molar-refractivity contribution in [1.82, 2.24) is 15.5 Å². The van der Waals surface area contributed by atoms with E-state index in [1.165, 1.54) is 0 Å². The zero-order valence-electron chi connectivity index (χ0n) is 14.7. The fraction of sp³-hybridized carbons (Fsp3) is 0.353. The predicted molar refractivity (Wildman–Crippen MR) is 99.7 cm³/mol. The Balaban J connectivity index is 1.61. The van der Waals surface area contributed by atoms with E-state index in [9.17, 15) is 14.4 Å². The number of rotatable bonds is 5. The molecule has 2 heterocycles. The van der Waals surface area contributed by atoms with Crippen molar-refractivity contribution in [2.24, 2.45) is 0 Å². The van der Waals surface area contributed by atoms with Gasteiger partial charge in [-0.15, -0.1) is 10.2 Å². The van der Waals surface area contributed by atoms with Crippen molar-refractivity contribution in [3.63, 3.8) is 0 Å². The number of hydrogen-bond acceptors (Lipinski definition) is 7. The second kappa shape index (κ2) is 8.69. The van der Waals surface area contributed by atoms with Crippen LogP contribution in [0.5, 0.6) is 0 Å². The first-order valence-electron chi connectivity index (χ1n) is 8.44. The van der Waals surface area contributed by atoms with Crippen molar-refractivity contribution in [2.45, 2.75) is 25.9 Å². The average Bonchev–Trinajstić information content (AvgIpc) is 3.31. The maximum atomic E-state index is 12.4. The third-order valence-corrected chi connectivity index (χ3v) is 4.64. The number of aromatic nitrogens is 2. The molecule has 142 valence electrons. The Bertz CT molecular complexity index is 847. The molecule has 2 aromatic rings. The van der Waals surface area contributed by atoms with E-state index in [0.717, 1.165) is 24.2 Å². The second-order valence-electron chi connectivity index (χ2n) is 5.93. The highest BCUT2D eigenvalue weighted by molar-refractivity contribution is 7.15. The number of aryl methyl sites for hydroxylation is 1. The Hall–Kier alpha value is -2.85. The van der Waals surface area contributed by atoms with E-state index in [4.69, 9.17) is 4.74 Å². The van der Waals surface area contributed by atoms with Crippen LogP contribution in [-0.2, 0) is 14.3 Å². The molecule has 0 radical (unpaired) electrons. The van der Waals surface area contributed by atoms with Crippen LogP contribution in [-0.4, -0.2) is 47.2 Å². The highest BCUT2D eigenvalue weighted by Crippen LogP contribution is 2.17. The monoisotopic (exact) mass is 389 g/mol. The van der Waals surface area contributed by atoms with Crippen LogP contribution in [0.1, 0.15) is 28.2 Å². The molecule has 0 unspecified atom stereocenters. The van der Waals surface area contributed by atoms with E-state index in [1.807, 2.05) is 0 Å². The van der Waals surface area contributed by atoms with Crippen molar-refractivity contribution in [3.8, 4) is 0 Å². The number of amides is 3. The number of carbonyl (C=O) groups is 3. The van der Waals surface area contributed by atoms with Crippen LogP contribution in [0.2, 0.25) is 0 Å². The largest absolute Gasteiger partial charge is 0.376 e. The lowest BCUT2D eigenvalue weighted by Crippen LogP contribution is -2.33. The number of hydrogen-bond donors (Lipinski definition) is 3. The van der Waals surface area contributed by atoms with Crippen LogP contribution in [0.3, 0.4) is 0 Å². The molecule has 0 aliphatic carbocycles. The molecule has 10 heteroatoms. The van der Waals surface area contributed by atoms with Gasteiger partial charge in [0, 0.05) is 13.2 Å². The van der Waals surface area contributed by atoms with E-state index in [-0.39, 0.29) is 28.4 Å². The van der Waals surface area contributed by atoms with Gasteiger partial charge in [-0.05, 0) is 31.9 Å². The maximum absolute atomic E-state index is 12.4. The molecule has 1 aliphatic heterocycles. The van der Waals surface area contributed by atoms with Gasteiger partial charge in [-0.25, -0.2) is 0 Å². The molecule has 0 saturated carbocycles. The zero-order chi connectivity index (χ0) is 19.2. The van der Waals surface area contributed by atoms with Gasteiger partial charge in [0.15, 0.2) is 0 Å². The molecule has 1 aromatic carbocycles. The predicted octanol–water partition coefficient (Wildman–Crippen LogP) is 1.33. The van der Waals surface area contributed by atoms with Crippen LogP contribution in [0.25, 0.3) is 0 Å². The first-order valence-corrected chi connectivity index (χ1v) is 9.26. The number of anilines is 2. The second-order valence-corrected chi connectivity index (χ2v) is 7.11. The summed E-state index contributed by atoms with van der Waals surface area (Å²) in [5.41, 5.74) is 0.513. The zero-order valence-corrected chi connectivity index (χ0v) is 15.5. The topological polar surface area (TPSA) is 122 Å². The molecule has 1 aromatic heterocycles. The fourth-order valence-electron chi connectivity index (χ4n) is 2.58. The van der Waals surface area contributed by atoms with E-state index in [1.54, 1.807) is 31.2 Å². The number of carbonyl (C=O) groups excluding carboxylic acids is 3. The van der Waals surface area contributed by atoms with Gasteiger partial charge < -0.3 is 15.4 Å². The minimum atomic E-state index is -0.901. The van der Waals surface area contributed by atoms with Gasteiger partial charge >= 0.3 is 11.8 Å². The molecule has 3 amide bonds. The first-order chi connectivity index (χ1) is 13.0. The Morgan fingerprint density at radius 3 is 2.67 bits per heavy atom.